The molecule has 0 bridgehead atoms. The number of carboxylic acids is 1. The first kappa shape index (κ1) is 16.0. The van der Waals surface area contributed by atoms with Gasteiger partial charge >= 0.3 is 5.97 Å². The van der Waals surface area contributed by atoms with Crippen molar-refractivity contribution >= 4 is 11.9 Å². The highest BCUT2D eigenvalue weighted by atomic mass is 16.4. The molecule has 0 aromatic heterocycles. The summed E-state index contributed by atoms with van der Waals surface area (Å²) >= 11 is 0. The summed E-state index contributed by atoms with van der Waals surface area (Å²) in [5.74, 6) is -1.38. The molecule has 1 N–H and O–H groups in total. The standard InChI is InChI=1S/C19H25NO3/c1-2-3-13-20-17(21)15-10-6-5-9-14(15)16(18(22)23)19(20)11-7-4-8-12-19/h5-6,9-10,16H,2-4,7-8,11-13H2,1H3,(H,22,23). The first-order chi connectivity index (χ1) is 11.1. The summed E-state index contributed by atoms with van der Waals surface area (Å²) in [6, 6.07) is 7.29. The van der Waals surface area contributed by atoms with Crippen molar-refractivity contribution in [3.63, 3.8) is 0 Å². The fourth-order valence-corrected chi connectivity index (χ4v) is 4.46. The number of carbonyl (C=O) groups excluding carboxylic acids is 1. The van der Waals surface area contributed by atoms with Crippen molar-refractivity contribution in [2.24, 2.45) is 0 Å². The topological polar surface area (TPSA) is 57.6 Å². The van der Waals surface area contributed by atoms with Gasteiger partial charge in [0, 0.05) is 12.1 Å². The molecule has 3 rings (SSSR count). The Kier molecular flexibility index (Phi) is 4.42. The van der Waals surface area contributed by atoms with Crippen molar-refractivity contribution in [3.8, 4) is 0 Å². The fraction of sp³-hybridized carbons (Fsp3) is 0.579. The lowest BCUT2D eigenvalue weighted by Gasteiger charge is -2.53. The molecule has 4 heteroatoms. The van der Waals surface area contributed by atoms with E-state index >= 15 is 0 Å². The first-order valence-corrected chi connectivity index (χ1v) is 8.75. The summed E-state index contributed by atoms with van der Waals surface area (Å²) in [6.07, 6.45) is 6.65. The lowest BCUT2D eigenvalue weighted by atomic mass is 9.65. The van der Waals surface area contributed by atoms with Crippen LogP contribution >= 0.6 is 0 Å². The van der Waals surface area contributed by atoms with Crippen molar-refractivity contribution in [3.05, 3.63) is 35.4 Å². The van der Waals surface area contributed by atoms with Crippen molar-refractivity contribution in [2.75, 3.05) is 6.54 Å². The Balaban J connectivity index is 2.15. The Morgan fingerprint density at radius 2 is 1.96 bits per heavy atom. The minimum atomic E-state index is -0.798. The van der Waals surface area contributed by atoms with Gasteiger partial charge in [0.05, 0.1) is 5.54 Å². The van der Waals surface area contributed by atoms with E-state index in [2.05, 4.69) is 6.92 Å². The Labute approximate surface area is 137 Å². The molecule has 1 aromatic carbocycles. The van der Waals surface area contributed by atoms with E-state index in [0.29, 0.717) is 17.7 Å². The van der Waals surface area contributed by atoms with Gasteiger partial charge in [-0.15, -0.1) is 0 Å². The molecule has 0 radical (unpaired) electrons. The van der Waals surface area contributed by atoms with Crippen LogP contribution in [0.25, 0.3) is 0 Å². The monoisotopic (exact) mass is 315 g/mol. The largest absolute Gasteiger partial charge is 0.481 e. The van der Waals surface area contributed by atoms with Gasteiger partial charge in [-0.25, -0.2) is 0 Å². The lowest BCUT2D eigenvalue weighted by molar-refractivity contribution is -0.144. The zero-order valence-electron chi connectivity index (χ0n) is 13.8. The van der Waals surface area contributed by atoms with E-state index in [1.807, 2.05) is 23.1 Å². The van der Waals surface area contributed by atoms with Gasteiger partial charge in [-0.3, -0.25) is 9.59 Å². The Hall–Kier alpha value is -1.84. The minimum absolute atomic E-state index is 0.0217. The Morgan fingerprint density at radius 3 is 2.61 bits per heavy atom. The van der Waals surface area contributed by atoms with E-state index in [9.17, 15) is 14.7 Å². The van der Waals surface area contributed by atoms with E-state index in [4.69, 9.17) is 0 Å². The first-order valence-electron chi connectivity index (χ1n) is 8.75. The van der Waals surface area contributed by atoms with Crippen LogP contribution in [-0.2, 0) is 4.79 Å². The third kappa shape index (κ3) is 2.54. The predicted molar refractivity (Wildman–Crippen MR) is 88.6 cm³/mol. The van der Waals surface area contributed by atoms with Crippen LogP contribution < -0.4 is 0 Å². The molecule has 0 saturated heterocycles. The summed E-state index contributed by atoms with van der Waals surface area (Å²) in [7, 11) is 0. The molecule has 1 heterocycles. The fourth-order valence-electron chi connectivity index (χ4n) is 4.46. The van der Waals surface area contributed by atoms with Crippen molar-refractivity contribution in [1.29, 1.82) is 0 Å². The number of hydrogen-bond acceptors (Lipinski definition) is 2. The number of unbranched alkanes of at least 4 members (excludes halogenated alkanes) is 1. The maximum atomic E-state index is 13.1. The van der Waals surface area contributed by atoms with Crippen LogP contribution in [0.1, 0.15) is 73.7 Å². The number of rotatable bonds is 4. The molecular formula is C19H25NO3. The summed E-state index contributed by atoms with van der Waals surface area (Å²) in [5.41, 5.74) is 0.747. The van der Waals surface area contributed by atoms with E-state index in [0.717, 1.165) is 44.9 Å². The number of carboxylic acid groups (broad SMARTS) is 1. The van der Waals surface area contributed by atoms with E-state index < -0.39 is 17.4 Å². The van der Waals surface area contributed by atoms with Crippen molar-refractivity contribution < 1.29 is 14.7 Å². The molecule has 1 fully saturated rings. The highest BCUT2D eigenvalue weighted by molar-refractivity contribution is 6.01. The third-order valence-corrected chi connectivity index (χ3v) is 5.52. The highest BCUT2D eigenvalue weighted by Gasteiger charge is 2.54. The SMILES string of the molecule is CCCCN1C(=O)c2ccccc2C(C(=O)O)C12CCCCC2. The molecular weight excluding hydrogens is 290 g/mol. The maximum absolute atomic E-state index is 13.1. The van der Waals surface area contributed by atoms with Gasteiger partial charge in [0.15, 0.2) is 0 Å². The van der Waals surface area contributed by atoms with Crippen LogP contribution in [0.5, 0.6) is 0 Å². The van der Waals surface area contributed by atoms with Gasteiger partial charge in [0.2, 0.25) is 0 Å². The average Bonchev–Trinajstić information content (AvgIpc) is 2.55. The van der Waals surface area contributed by atoms with Gasteiger partial charge in [-0.1, -0.05) is 50.8 Å². The molecule has 1 aromatic rings. The van der Waals surface area contributed by atoms with Crippen LogP contribution in [0.15, 0.2) is 24.3 Å². The second-order valence-corrected chi connectivity index (χ2v) is 6.83. The molecule has 1 spiro atoms. The number of benzene rings is 1. The lowest BCUT2D eigenvalue weighted by Crippen LogP contribution is -2.61. The summed E-state index contributed by atoms with van der Waals surface area (Å²) < 4.78 is 0. The molecule has 2 aliphatic rings. The maximum Gasteiger partial charge on any atom is 0.313 e. The number of nitrogens with zero attached hydrogens (tertiary/aromatic N) is 1. The second-order valence-electron chi connectivity index (χ2n) is 6.83. The molecule has 1 atom stereocenters. The highest BCUT2D eigenvalue weighted by Crippen LogP contribution is 2.49. The molecule has 124 valence electrons. The van der Waals surface area contributed by atoms with Crippen LogP contribution in [0.2, 0.25) is 0 Å². The second kappa shape index (κ2) is 6.34. The van der Waals surface area contributed by atoms with Gasteiger partial charge in [-0.2, -0.15) is 0 Å². The van der Waals surface area contributed by atoms with Gasteiger partial charge in [0.1, 0.15) is 5.92 Å². The normalized spacial score (nSPS) is 22.9. The molecule has 1 saturated carbocycles. The van der Waals surface area contributed by atoms with Crippen LogP contribution in [0, 0.1) is 0 Å². The van der Waals surface area contributed by atoms with Crippen LogP contribution in [0.3, 0.4) is 0 Å². The Morgan fingerprint density at radius 1 is 1.26 bits per heavy atom. The quantitative estimate of drug-likeness (QED) is 0.919. The van der Waals surface area contributed by atoms with Crippen LogP contribution in [0.4, 0.5) is 0 Å². The minimum Gasteiger partial charge on any atom is -0.481 e. The third-order valence-electron chi connectivity index (χ3n) is 5.52. The zero-order valence-corrected chi connectivity index (χ0v) is 13.8. The van der Waals surface area contributed by atoms with Gasteiger partial charge in [-0.05, 0) is 30.9 Å². The Bertz CT molecular complexity index is 604. The van der Waals surface area contributed by atoms with E-state index in [-0.39, 0.29) is 5.91 Å². The van der Waals surface area contributed by atoms with Gasteiger partial charge in [0.25, 0.3) is 5.91 Å². The van der Waals surface area contributed by atoms with Gasteiger partial charge < -0.3 is 10.0 Å². The van der Waals surface area contributed by atoms with E-state index in [1.54, 1.807) is 6.07 Å². The number of aliphatic carboxylic acids is 1. The molecule has 23 heavy (non-hydrogen) atoms. The molecule has 1 aliphatic heterocycles. The van der Waals surface area contributed by atoms with Crippen molar-refractivity contribution in [1.82, 2.24) is 4.90 Å². The summed E-state index contributed by atoms with van der Waals surface area (Å²) in [5, 5.41) is 9.99. The molecule has 1 amide bonds. The smallest absolute Gasteiger partial charge is 0.313 e. The molecule has 1 aliphatic carbocycles. The average molecular weight is 315 g/mol. The number of carbonyl (C=O) groups is 2. The van der Waals surface area contributed by atoms with E-state index in [1.165, 1.54) is 0 Å². The summed E-state index contributed by atoms with van der Waals surface area (Å²) in [6.45, 7) is 2.76. The number of hydrogen-bond donors (Lipinski definition) is 1. The zero-order chi connectivity index (χ0) is 16.4. The van der Waals surface area contributed by atoms with Crippen LogP contribution in [-0.4, -0.2) is 34.0 Å². The predicted octanol–water partition coefficient (Wildman–Crippen LogP) is 3.81. The van der Waals surface area contributed by atoms with Crippen molar-refractivity contribution in [2.45, 2.75) is 63.3 Å². The number of fused-ring (bicyclic) bond motifs is 1. The molecule has 1 unspecified atom stereocenters. The summed E-state index contributed by atoms with van der Waals surface area (Å²) in [4.78, 5) is 27.2. The molecule has 4 nitrogen and oxygen atoms in total. The number of amides is 1.